The van der Waals surface area contributed by atoms with Gasteiger partial charge in [-0.05, 0) is 38.5 Å². The molecule has 3 atom stereocenters. The molecule has 0 aliphatic rings. The van der Waals surface area contributed by atoms with Crippen LogP contribution >= 0.6 is 0 Å². The van der Waals surface area contributed by atoms with Crippen LogP contribution in [0.5, 0.6) is 0 Å². The molecule has 38 heavy (non-hydrogen) atoms. The molecule has 224 valence electrons. The predicted molar refractivity (Wildman–Crippen MR) is 162 cm³/mol. The fourth-order valence-electron chi connectivity index (χ4n) is 4.67. The Morgan fingerprint density at radius 1 is 0.658 bits per heavy atom. The molecule has 0 aliphatic carbocycles. The zero-order valence-corrected chi connectivity index (χ0v) is 25.1. The molecule has 0 bridgehead atoms. The van der Waals surface area contributed by atoms with Crippen molar-refractivity contribution in [3.05, 3.63) is 24.3 Å². The topological polar surface area (TPSA) is 89.8 Å². The quantitative estimate of drug-likeness (QED) is 0.0603. The number of hydrogen-bond donors (Lipinski definition) is 4. The van der Waals surface area contributed by atoms with Gasteiger partial charge in [0.15, 0.2) is 0 Å². The van der Waals surface area contributed by atoms with Crippen LogP contribution in [0.25, 0.3) is 0 Å². The number of carbonyl (C=O) groups excluding carboxylic acids is 1. The van der Waals surface area contributed by atoms with Gasteiger partial charge in [0.05, 0.1) is 31.3 Å². The first-order valence-corrected chi connectivity index (χ1v) is 16.1. The maximum atomic E-state index is 12.3. The highest BCUT2D eigenvalue weighted by Gasteiger charge is 2.20. The van der Waals surface area contributed by atoms with Crippen LogP contribution in [0.2, 0.25) is 0 Å². The van der Waals surface area contributed by atoms with Gasteiger partial charge in [-0.1, -0.05) is 134 Å². The minimum atomic E-state index is -0.927. The molecule has 0 saturated carbocycles. The van der Waals surface area contributed by atoms with Crippen LogP contribution in [-0.4, -0.2) is 46.1 Å². The molecule has 0 radical (unpaired) electrons. The molecule has 0 aromatic carbocycles. The number of aliphatic hydroxyl groups excluding tert-OH is 3. The lowest BCUT2D eigenvalue weighted by molar-refractivity contribution is -0.124. The SMILES string of the molecule is CCCC/C=C\CCCCCC(O)CC(=O)NC(CO)C(O)/C=C/CCCCCCCCCCCCCC. The Morgan fingerprint density at radius 2 is 1.13 bits per heavy atom. The molecular weight excluding hydrogens is 474 g/mol. The number of aliphatic hydroxyl groups is 3. The Hall–Kier alpha value is -1.17. The van der Waals surface area contributed by atoms with E-state index < -0.39 is 18.2 Å². The molecule has 0 fully saturated rings. The van der Waals surface area contributed by atoms with Crippen molar-refractivity contribution in [3.63, 3.8) is 0 Å². The maximum absolute atomic E-state index is 12.3. The summed E-state index contributed by atoms with van der Waals surface area (Å²) in [4.78, 5) is 12.3. The van der Waals surface area contributed by atoms with Crippen molar-refractivity contribution in [2.75, 3.05) is 6.61 Å². The van der Waals surface area contributed by atoms with E-state index >= 15 is 0 Å². The molecule has 0 heterocycles. The Balaban J connectivity index is 3.81. The highest BCUT2D eigenvalue weighted by Crippen LogP contribution is 2.13. The number of allylic oxidation sites excluding steroid dienone is 3. The first-order chi connectivity index (χ1) is 18.5. The lowest BCUT2D eigenvalue weighted by Crippen LogP contribution is -2.45. The third kappa shape index (κ3) is 25.1. The van der Waals surface area contributed by atoms with Crippen LogP contribution in [0.15, 0.2) is 24.3 Å². The highest BCUT2D eigenvalue weighted by atomic mass is 16.3. The van der Waals surface area contributed by atoms with E-state index in [0.29, 0.717) is 6.42 Å². The number of nitrogens with one attached hydrogen (secondary N) is 1. The first-order valence-electron chi connectivity index (χ1n) is 16.1. The minimum Gasteiger partial charge on any atom is -0.394 e. The molecule has 0 rings (SSSR count). The van der Waals surface area contributed by atoms with E-state index in [4.69, 9.17) is 0 Å². The summed E-state index contributed by atoms with van der Waals surface area (Å²) in [7, 11) is 0. The predicted octanol–water partition coefficient (Wildman–Crippen LogP) is 7.92. The normalized spacial score (nSPS) is 14.3. The molecule has 0 saturated heterocycles. The molecule has 3 unspecified atom stereocenters. The molecule has 4 N–H and O–H groups in total. The number of amides is 1. The Kier molecular flexibility index (Phi) is 27.9. The largest absolute Gasteiger partial charge is 0.394 e. The van der Waals surface area contributed by atoms with E-state index in [-0.39, 0.29) is 18.9 Å². The van der Waals surface area contributed by atoms with E-state index in [1.807, 2.05) is 6.08 Å². The van der Waals surface area contributed by atoms with Gasteiger partial charge in [-0.2, -0.15) is 0 Å². The molecule has 0 aromatic rings. The fourth-order valence-corrected chi connectivity index (χ4v) is 4.67. The zero-order chi connectivity index (χ0) is 28.1. The van der Waals surface area contributed by atoms with Crippen LogP contribution in [0, 0.1) is 0 Å². The summed E-state index contributed by atoms with van der Waals surface area (Å²) in [6.07, 6.45) is 31.6. The van der Waals surface area contributed by atoms with Gasteiger partial charge in [0.2, 0.25) is 5.91 Å². The van der Waals surface area contributed by atoms with Crippen LogP contribution < -0.4 is 5.32 Å². The summed E-state index contributed by atoms with van der Waals surface area (Å²) in [5.74, 6) is -0.330. The smallest absolute Gasteiger partial charge is 0.222 e. The van der Waals surface area contributed by atoms with E-state index in [9.17, 15) is 20.1 Å². The van der Waals surface area contributed by atoms with Crippen molar-refractivity contribution in [2.45, 2.75) is 173 Å². The van der Waals surface area contributed by atoms with Gasteiger partial charge < -0.3 is 20.6 Å². The van der Waals surface area contributed by atoms with Crippen LogP contribution in [-0.2, 0) is 4.79 Å². The lowest BCUT2D eigenvalue weighted by atomic mass is 10.0. The van der Waals surface area contributed by atoms with E-state index in [2.05, 4.69) is 31.3 Å². The molecule has 0 spiro atoms. The van der Waals surface area contributed by atoms with Gasteiger partial charge in [-0.3, -0.25) is 4.79 Å². The van der Waals surface area contributed by atoms with Crippen LogP contribution in [0.4, 0.5) is 0 Å². The van der Waals surface area contributed by atoms with Gasteiger partial charge in [-0.15, -0.1) is 0 Å². The summed E-state index contributed by atoms with van der Waals surface area (Å²) in [5.41, 5.74) is 0. The van der Waals surface area contributed by atoms with Crippen molar-refractivity contribution in [1.82, 2.24) is 5.32 Å². The monoisotopic (exact) mass is 537 g/mol. The van der Waals surface area contributed by atoms with Gasteiger partial charge in [-0.25, -0.2) is 0 Å². The van der Waals surface area contributed by atoms with Gasteiger partial charge in [0.25, 0.3) is 0 Å². The van der Waals surface area contributed by atoms with E-state index in [1.54, 1.807) is 6.08 Å². The van der Waals surface area contributed by atoms with Crippen molar-refractivity contribution < 1.29 is 20.1 Å². The standard InChI is InChI=1S/C33H63NO4/c1-3-5-7-9-11-13-14-15-16-17-19-21-23-25-27-32(37)31(29-35)34-33(38)28-30(36)26-24-22-20-18-12-10-8-6-4-2/h10,12,25,27,30-32,35-37H,3-9,11,13-24,26,28-29H2,1-2H3,(H,34,38)/b12-10-,27-25+. The third-order valence-corrected chi connectivity index (χ3v) is 7.23. The summed E-state index contributed by atoms with van der Waals surface area (Å²) >= 11 is 0. The number of hydrogen-bond acceptors (Lipinski definition) is 4. The van der Waals surface area contributed by atoms with Gasteiger partial charge >= 0.3 is 0 Å². The first kappa shape index (κ1) is 36.8. The fraction of sp³-hybridized carbons (Fsp3) is 0.848. The average molecular weight is 538 g/mol. The van der Waals surface area contributed by atoms with Crippen molar-refractivity contribution in [3.8, 4) is 0 Å². The van der Waals surface area contributed by atoms with Crippen LogP contribution in [0.3, 0.4) is 0 Å². The Labute approximate surface area is 235 Å². The second-order valence-corrected chi connectivity index (χ2v) is 11.1. The molecule has 5 heteroatoms. The highest BCUT2D eigenvalue weighted by molar-refractivity contribution is 5.76. The van der Waals surface area contributed by atoms with E-state index in [1.165, 1.54) is 83.5 Å². The summed E-state index contributed by atoms with van der Waals surface area (Å²) in [6.45, 7) is 4.12. The second kappa shape index (κ2) is 28.8. The minimum absolute atomic E-state index is 0.00269. The lowest BCUT2D eigenvalue weighted by Gasteiger charge is -2.21. The Morgan fingerprint density at radius 3 is 1.68 bits per heavy atom. The van der Waals surface area contributed by atoms with Gasteiger partial charge in [0, 0.05) is 0 Å². The number of carbonyl (C=O) groups is 1. The van der Waals surface area contributed by atoms with Crippen LogP contribution in [0.1, 0.15) is 155 Å². The summed E-state index contributed by atoms with van der Waals surface area (Å²) in [6, 6.07) is -0.743. The number of rotatable bonds is 28. The maximum Gasteiger partial charge on any atom is 0.222 e. The van der Waals surface area contributed by atoms with E-state index in [0.717, 1.165) is 44.9 Å². The molecular formula is C33H63NO4. The average Bonchev–Trinajstić information content (AvgIpc) is 2.90. The molecule has 5 nitrogen and oxygen atoms in total. The number of unbranched alkanes of at least 4 members (excludes halogenated alkanes) is 17. The second-order valence-electron chi connectivity index (χ2n) is 11.1. The summed E-state index contributed by atoms with van der Waals surface area (Å²) < 4.78 is 0. The van der Waals surface area contributed by atoms with Gasteiger partial charge in [0.1, 0.15) is 0 Å². The van der Waals surface area contributed by atoms with Crippen molar-refractivity contribution in [1.29, 1.82) is 0 Å². The van der Waals surface area contributed by atoms with Crippen molar-refractivity contribution in [2.24, 2.45) is 0 Å². The molecule has 0 aromatic heterocycles. The zero-order valence-electron chi connectivity index (χ0n) is 25.1. The summed E-state index contributed by atoms with van der Waals surface area (Å²) in [5, 5.41) is 32.8. The molecule has 1 amide bonds. The third-order valence-electron chi connectivity index (χ3n) is 7.23. The molecule has 0 aliphatic heterocycles. The van der Waals surface area contributed by atoms with Crippen molar-refractivity contribution >= 4 is 5.91 Å². The Bertz CT molecular complexity index is 563.